The molecule has 0 aliphatic heterocycles. The fraction of sp³-hybridized carbons (Fsp3) is 0.524. The number of hydrogen-bond acceptors (Lipinski definition) is 5. The maximum atomic E-state index is 12.7. The molecule has 0 aliphatic carbocycles. The molecule has 0 fully saturated rings. The van der Waals surface area contributed by atoms with Crippen LogP contribution in [-0.2, 0) is 25.7 Å². The van der Waals surface area contributed by atoms with Crippen LogP contribution in [0.5, 0.6) is 0 Å². The van der Waals surface area contributed by atoms with Gasteiger partial charge in [0.15, 0.2) is 0 Å². The summed E-state index contributed by atoms with van der Waals surface area (Å²) in [5.74, 6) is 4.07. The van der Waals surface area contributed by atoms with Crippen LogP contribution < -0.4 is 0 Å². The second-order valence-electron chi connectivity index (χ2n) is 8.23. The highest BCUT2D eigenvalue weighted by Crippen LogP contribution is 2.26. The van der Waals surface area contributed by atoms with E-state index in [1.54, 1.807) is 65.8 Å². The third kappa shape index (κ3) is 6.53. The highest BCUT2D eigenvalue weighted by molar-refractivity contribution is 6.03. The smallest absolute Gasteiger partial charge is 0.336 e. The van der Waals surface area contributed by atoms with Gasteiger partial charge in [-0.1, -0.05) is 24.0 Å². The second kappa shape index (κ2) is 7.92. The van der Waals surface area contributed by atoms with Gasteiger partial charge in [0.25, 0.3) is 0 Å². The number of rotatable bonds is 3. The Kier molecular flexibility index (Phi) is 6.62. The van der Waals surface area contributed by atoms with Crippen molar-refractivity contribution in [2.75, 3.05) is 0 Å². The Labute approximate surface area is 155 Å². The molecule has 1 rings (SSSR count). The molecule has 0 unspecified atom stereocenters. The lowest BCUT2D eigenvalue weighted by atomic mass is 9.90. The lowest BCUT2D eigenvalue weighted by Gasteiger charge is -2.29. The number of ether oxygens (including phenoxy) is 2. The van der Waals surface area contributed by atoms with Crippen molar-refractivity contribution in [3.8, 4) is 11.8 Å². The Morgan fingerprint density at radius 1 is 0.885 bits per heavy atom. The third-order valence-electron chi connectivity index (χ3n) is 3.21. The molecule has 0 atom stereocenters. The average molecular weight is 360 g/mol. The van der Waals surface area contributed by atoms with Gasteiger partial charge in [0.05, 0.1) is 6.61 Å². The van der Waals surface area contributed by atoms with E-state index in [2.05, 4.69) is 11.8 Å². The Morgan fingerprint density at radius 3 is 1.65 bits per heavy atom. The molecule has 0 heterocycles. The molecule has 0 radical (unpaired) electrons. The van der Waals surface area contributed by atoms with Crippen LogP contribution in [0, 0.1) is 17.3 Å². The molecular weight excluding hydrogens is 332 g/mol. The molecule has 0 bridgehead atoms. The first-order valence-electron chi connectivity index (χ1n) is 8.47. The van der Waals surface area contributed by atoms with Crippen molar-refractivity contribution in [1.82, 2.24) is 0 Å². The average Bonchev–Trinajstić information content (AvgIpc) is 2.49. The third-order valence-corrected chi connectivity index (χ3v) is 3.21. The van der Waals surface area contributed by atoms with Crippen LogP contribution in [0.3, 0.4) is 0 Å². The minimum Gasteiger partial charge on any atom is -0.458 e. The molecule has 0 spiro atoms. The number of esters is 2. The van der Waals surface area contributed by atoms with E-state index in [-0.39, 0.29) is 6.61 Å². The summed E-state index contributed by atoms with van der Waals surface area (Å²) in [6.07, 6.45) is 0. The summed E-state index contributed by atoms with van der Waals surface area (Å²) in [6, 6.07) is 6.87. The van der Waals surface area contributed by atoms with Crippen molar-refractivity contribution in [1.29, 1.82) is 0 Å². The number of aliphatic hydroxyl groups excluding tert-OH is 1. The minimum atomic E-state index is -1.75. The molecule has 1 N–H and O–H groups in total. The van der Waals surface area contributed by atoms with Gasteiger partial charge in [-0.2, -0.15) is 0 Å². The highest BCUT2D eigenvalue weighted by atomic mass is 16.6. The van der Waals surface area contributed by atoms with Crippen molar-refractivity contribution < 1.29 is 24.2 Å². The van der Waals surface area contributed by atoms with Crippen LogP contribution in [0.1, 0.15) is 59.6 Å². The zero-order valence-corrected chi connectivity index (χ0v) is 16.6. The maximum Gasteiger partial charge on any atom is 0.336 e. The van der Waals surface area contributed by atoms with E-state index in [4.69, 9.17) is 14.6 Å². The summed E-state index contributed by atoms with van der Waals surface area (Å²) in [5, 5.41) is 9.09. The van der Waals surface area contributed by atoms with Gasteiger partial charge in [-0.05, 0) is 66.2 Å². The van der Waals surface area contributed by atoms with E-state index >= 15 is 0 Å². The van der Waals surface area contributed by atoms with Crippen LogP contribution in [0.25, 0.3) is 0 Å². The highest BCUT2D eigenvalue weighted by Gasteiger charge is 2.46. The van der Waals surface area contributed by atoms with Gasteiger partial charge in [-0.15, -0.1) is 0 Å². The Morgan fingerprint density at radius 2 is 1.31 bits per heavy atom. The number of carbonyl (C=O) groups excluding carboxylic acids is 2. The predicted octanol–water partition coefficient (Wildman–Crippen LogP) is 3.22. The van der Waals surface area contributed by atoms with Crippen LogP contribution >= 0.6 is 0 Å². The Bertz CT molecular complexity index is 678. The molecule has 0 aromatic heterocycles. The SMILES string of the molecule is CC(C)(C)OC(=O)C(C)(C#Cc1ccc(CO)cc1)C(=O)OC(C)(C)C. The minimum absolute atomic E-state index is 0.0682. The van der Waals surface area contributed by atoms with Crippen LogP contribution in [-0.4, -0.2) is 28.2 Å². The van der Waals surface area contributed by atoms with Gasteiger partial charge in [0.2, 0.25) is 5.41 Å². The maximum absolute atomic E-state index is 12.7. The first-order chi connectivity index (χ1) is 11.8. The lowest BCUT2D eigenvalue weighted by Crippen LogP contribution is -2.44. The van der Waals surface area contributed by atoms with Gasteiger partial charge in [-0.25, -0.2) is 9.59 Å². The summed E-state index contributed by atoms with van der Waals surface area (Å²) in [7, 11) is 0. The normalized spacial score (nSPS) is 12.0. The van der Waals surface area contributed by atoms with E-state index in [9.17, 15) is 9.59 Å². The topological polar surface area (TPSA) is 72.8 Å². The zero-order chi connectivity index (χ0) is 20.2. The Hall–Kier alpha value is -2.32. The van der Waals surface area contributed by atoms with Crippen molar-refractivity contribution in [3.63, 3.8) is 0 Å². The lowest BCUT2D eigenvalue weighted by molar-refractivity contribution is -0.179. The van der Waals surface area contributed by atoms with Gasteiger partial charge >= 0.3 is 11.9 Å². The first-order valence-corrected chi connectivity index (χ1v) is 8.47. The molecule has 5 heteroatoms. The number of carbonyl (C=O) groups is 2. The molecule has 1 aromatic rings. The quantitative estimate of drug-likeness (QED) is 0.509. The van der Waals surface area contributed by atoms with E-state index < -0.39 is 28.6 Å². The summed E-state index contributed by atoms with van der Waals surface area (Å²) in [4.78, 5) is 25.3. The van der Waals surface area contributed by atoms with Gasteiger partial charge < -0.3 is 14.6 Å². The molecule has 142 valence electrons. The summed E-state index contributed by atoms with van der Waals surface area (Å²) in [5.41, 5.74) is -1.91. The van der Waals surface area contributed by atoms with Crippen LogP contribution in [0.4, 0.5) is 0 Å². The zero-order valence-electron chi connectivity index (χ0n) is 16.6. The standard InChI is InChI=1S/C21H28O5/c1-19(2,3)25-17(23)21(7,18(24)26-20(4,5)6)13-12-15-8-10-16(14-22)11-9-15/h8-11,22H,14H2,1-7H3. The fourth-order valence-corrected chi connectivity index (χ4v) is 1.84. The number of hydrogen-bond donors (Lipinski definition) is 1. The summed E-state index contributed by atoms with van der Waals surface area (Å²) in [6.45, 7) is 11.7. The number of benzene rings is 1. The van der Waals surface area contributed by atoms with Crippen molar-refractivity contribution in [3.05, 3.63) is 35.4 Å². The fourth-order valence-electron chi connectivity index (χ4n) is 1.84. The molecule has 26 heavy (non-hydrogen) atoms. The molecule has 5 nitrogen and oxygen atoms in total. The van der Waals surface area contributed by atoms with Crippen LogP contribution in [0.15, 0.2) is 24.3 Å². The van der Waals surface area contributed by atoms with E-state index in [0.717, 1.165) is 5.56 Å². The summed E-state index contributed by atoms with van der Waals surface area (Å²) >= 11 is 0. The van der Waals surface area contributed by atoms with Crippen LogP contribution in [0.2, 0.25) is 0 Å². The monoisotopic (exact) mass is 360 g/mol. The van der Waals surface area contributed by atoms with E-state index in [0.29, 0.717) is 5.56 Å². The van der Waals surface area contributed by atoms with E-state index in [1.807, 2.05) is 0 Å². The van der Waals surface area contributed by atoms with E-state index in [1.165, 1.54) is 6.92 Å². The largest absolute Gasteiger partial charge is 0.458 e. The number of aliphatic hydroxyl groups is 1. The summed E-state index contributed by atoms with van der Waals surface area (Å²) < 4.78 is 10.8. The van der Waals surface area contributed by atoms with Crippen molar-refractivity contribution >= 4 is 11.9 Å². The molecule has 0 saturated carbocycles. The first kappa shape index (κ1) is 21.7. The van der Waals surface area contributed by atoms with Crippen molar-refractivity contribution in [2.24, 2.45) is 5.41 Å². The van der Waals surface area contributed by atoms with Gasteiger partial charge in [0.1, 0.15) is 11.2 Å². The van der Waals surface area contributed by atoms with Crippen molar-refractivity contribution in [2.45, 2.75) is 66.3 Å². The molecule has 1 aromatic carbocycles. The van der Waals surface area contributed by atoms with Gasteiger partial charge in [-0.3, -0.25) is 0 Å². The molecule has 0 saturated heterocycles. The molecule has 0 aliphatic rings. The molecule has 0 amide bonds. The van der Waals surface area contributed by atoms with Gasteiger partial charge in [0, 0.05) is 5.56 Å². The predicted molar refractivity (Wildman–Crippen MR) is 99.0 cm³/mol. The Balaban J connectivity index is 3.25. The molecular formula is C21H28O5. The second-order valence-corrected chi connectivity index (χ2v) is 8.23.